The van der Waals surface area contributed by atoms with Crippen molar-refractivity contribution in [3.8, 4) is 0 Å². The fourth-order valence-electron chi connectivity index (χ4n) is 2.08. The van der Waals surface area contributed by atoms with Gasteiger partial charge in [0.15, 0.2) is 0 Å². The standard InChI is InChI=1S/C11H18BrN3O/c1-16-6-5-15-11(9(12)7-14-15)10(13)8-3-2-4-8/h7-8,10H,2-6,13H2,1H3. The number of ether oxygens (including phenoxy) is 1. The summed E-state index contributed by atoms with van der Waals surface area (Å²) < 4.78 is 8.05. The molecule has 0 spiro atoms. The number of methoxy groups -OCH3 is 1. The Morgan fingerprint density at radius 1 is 1.69 bits per heavy atom. The van der Waals surface area contributed by atoms with Crippen molar-refractivity contribution < 1.29 is 4.74 Å². The van der Waals surface area contributed by atoms with E-state index >= 15 is 0 Å². The first-order valence-corrected chi connectivity index (χ1v) is 6.49. The van der Waals surface area contributed by atoms with Gasteiger partial charge >= 0.3 is 0 Å². The van der Waals surface area contributed by atoms with E-state index in [2.05, 4.69) is 21.0 Å². The van der Waals surface area contributed by atoms with Crippen LogP contribution in [0.15, 0.2) is 10.7 Å². The lowest BCUT2D eigenvalue weighted by molar-refractivity contribution is 0.179. The van der Waals surface area contributed by atoms with Crippen LogP contribution in [0.2, 0.25) is 0 Å². The lowest BCUT2D eigenvalue weighted by Crippen LogP contribution is -2.29. The Morgan fingerprint density at radius 2 is 2.44 bits per heavy atom. The zero-order valence-electron chi connectivity index (χ0n) is 9.53. The molecule has 1 aromatic rings. The second-order valence-electron chi connectivity index (χ2n) is 4.31. The Kier molecular flexibility index (Phi) is 4.00. The highest BCUT2D eigenvalue weighted by Gasteiger charge is 2.29. The van der Waals surface area contributed by atoms with Crippen molar-refractivity contribution in [2.24, 2.45) is 11.7 Å². The van der Waals surface area contributed by atoms with Gasteiger partial charge in [-0.25, -0.2) is 0 Å². The van der Waals surface area contributed by atoms with Crippen LogP contribution in [-0.2, 0) is 11.3 Å². The molecular weight excluding hydrogens is 270 g/mol. The molecule has 1 unspecified atom stereocenters. The summed E-state index contributed by atoms with van der Waals surface area (Å²) in [5.41, 5.74) is 7.40. The molecule has 0 aliphatic heterocycles. The molecule has 0 saturated heterocycles. The molecule has 1 aliphatic rings. The van der Waals surface area contributed by atoms with Gasteiger partial charge in [-0.3, -0.25) is 4.68 Å². The fraction of sp³-hybridized carbons (Fsp3) is 0.727. The van der Waals surface area contributed by atoms with E-state index in [1.807, 2.05) is 10.9 Å². The van der Waals surface area contributed by atoms with Crippen molar-refractivity contribution >= 4 is 15.9 Å². The average Bonchev–Trinajstić information content (AvgIpc) is 2.54. The molecule has 1 atom stereocenters. The first-order chi connectivity index (χ1) is 7.74. The third-order valence-electron chi connectivity index (χ3n) is 3.31. The van der Waals surface area contributed by atoms with E-state index in [1.54, 1.807) is 7.11 Å². The second-order valence-corrected chi connectivity index (χ2v) is 5.16. The van der Waals surface area contributed by atoms with Crippen LogP contribution in [0.25, 0.3) is 0 Å². The van der Waals surface area contributed by atoms with Gasteiger partial charge in [0, 0.05) is 7.11 Å². The first-order valence-electron chi connectivity index (χ1n) is 5.69. The summed E-state index contributed by atoms with van der Waals surface area (Å²) in [6, 6.07) is 0.0995. The highest BCUT2D eigenvalue weighted by atomic mass is 79.9. The molecule has 1 aromatic heterocycles. The number of hydrogen-bond donors (Lipinski definition) is 1. The van der Waals surface area contributed by atoms with Gasteiger partial charge in [-0.2, -0.15) is 5.10 Å². The zero-order chi connectivity index (χ0) is 11.5. The number of rotatable bonds is 5. The number of halogens is 1. The molecule has 1 heterocycles. The summed E-state index contributed by atoms with van der Waals surface area (Å²) >= 11 is 3.53. The van der Waals surface area contributed by atoms with Crippen molar-refractivity contribution in [2.75, 3.05) is 13.7 Å². The minimum absolute atomic E-state index is 0.0995. The molecular formula is C11H18BrN3O. The van der Waals surface area contributed by atoms with Crippen LogP contribution < -0.4 is 5.73 Å². The third kappa shape index (κ3) is 2.31. The molecule has 0 radical (unpaired) electrons. The highest BCUT2D eigenvalue weighted by Crippen LogP contribution is 2.38. The van der Waals surface area contributed by atoms with E-state index in [1.165, 1.54) is 19.3 Å². The normalized spacial score (nSPS) is 18.4. The van der Waals surface area contributed by atoms with Gasteiger partial charge in [0.25, 0.3) is 0 Å². The maximum absolute atomic E-state index is 6.29. The van der Waals surface area contributed by atoms with Crippen molar-refractivity contribution in [3.63, 3.8) is 0 Å². The monoisotopic (exact) mass is 287 g/mol. The minimum atomic E-state index is 0.0995. The lowest BCUT2D eigenvalue weighted by Gasteiger charge is -2.31. The smallest absolute Gasteiger partial charge is 0.0697 e. The van der Waals surface area contributed by atoms with Gasteiger partial charge in [-0.05, 0) is 34.7 Å². The lowest BCUT2D eigenvalue weighted by atomic mass is 9.79. The molecule has 1 fully saturated rings. The highest BCUT2D eigenvalue weighted by molar-refractivity contribution is 9.10. The van der Waals surface area contributed by atoms with Gasteiger partial charge < -0.3 is 10.5 Å². The molecule has 1 saturated carbocycles. The quantitative estimate of drug-likeness (QED) is 0.902. The van der Waals surface area contributed by atoms with Crippen LogP contribution in [0, 0.1) is 5.92 Å². The molecule has 0 aromatic carbocycles. The summed E-state index contributed by atoms with van der Waals surface area (Å²) in [7, 11) is 1.70. The molecule has 0 amide bonds. The number of nitrogens with zero attached hydrogens (tertiary/aromatic N) is 2. The van der Waals surface area contributed by atoms with E-state index in [4.69, 9.17) is 10.5 Å². The average molecular weight is 288 g/mol. The van der Waals surface area contributed by atoms with E-state index in [0.29, 0.717) is 12.5 Å². The van der Waals surface area contributed by atoms with Crippen molar-refractivity contribution in [1.29, 1.82) is 0 Å². The maximum atomic E-state index is 6.29. The van der Waals surface area contributed by atoms with Crippen LogP contribution in [0.4, 0.5) is 0 Å². The first kappa shape index (κ1) is 12.1. The largest absolute Gasteiger partial charge is 0.383 e. The molecule has 2 rings (SSSR count). The summed E-state index contributed by atoms with van der Waals surface area (Å²) in [6.07, 6.45) is 5.61. The topological polar surface area (TPSA) is 53.1 Å². The van der Waals surface area contributed by atoms with E-state index < -0.39 is 0 Å². The van der Waals surface area contributed by atoms with Gasteiger partial charge in [0.2, 0.25) is 0 Å². The summed E-state index contributed by atoms with van der Waals surface area (Å²) in [4.78, 5) is 0. The summed E-state index contributed by atoms with van der Waals surface area (Å²) in [5, 5.41) is 4.32. The minimum Gasteiger partial charge on any atom is -0.383 e. The predicted molar refractivity (Wildman–Crippen MR) is 66.1 cm³/mol. The molecule has 16 heavy (non-hydrogen) atoms. The Morgan fingerprint density at radius 3 is 3.00 bits per heavy atom. The second kappa shape index (κ2) is 5.29. The van der Waals surface area contributed by atoms with Gasteiger partial charge in [-0.15, -0.1) is 0 Å². The van der Waals surface area contributed by atoms with E-state index in [9.17, 15) is 0 Å². The van der Waals surface area contributed by atoms with Gasteiger partial charge in [-0.1, -0.05) is 6.42 Å². The van der Waals surface area contributed by atoms with Crippen LogP contribution >= 0.6 is 15.9 Å². The number of aromatic nitrogens is 2. The number of hydrogen-bond acceptors (Lipinski definition) is 3. The molecule has 2 N–H and O–H groups in total. The zero-order valence-corrected chi connectivity index (χ0v) is 11.1. The maximum Gasteiger partial charge on any atom is 0.0697 e. The van der Waals surface area contributed by atoms with Crippen molar-refractivity contribution in [1.82, 2.24) is 9.78 Å². The van der Waals surface area contributed by atoms with Crippen LogP contribution in [-0.4, -0.2) is 23.5 Å². The Hall–Kier alpha value is -0.390. The third-order valence-corrected chi connectivity index (χ3v) is 3.92. The van der Waals surface area contributed by atoms with E-state index in [-0.39, 0.29) is 6.04 Å². The van der Waals surface area contributed by atoms with Crippen LogP contribution in [0.3, 0.4) is 0 Å². The molecule has 90 valence electrons. The summed E-state index contributed by atoms with van der Waals surface area (Å²) in [6.45, 7) is 1.43. The Bertz CT molecular complexity index is 349. The Labute approximate surface area is 104 Å². The molecule has 5 heteroatoms. The van der Waals surface area contributed by atoms with Crippen LogP contribution in [0.1, 0.15) is 31.0 Å². The molecule has 1 aliphatic carbocycles. The SMILES string of the molecule is COCCn1ncc(Br)c1C(N)C1CCC1. The van der Waals surface area contributed by atoms with Crippen LogP contribution in [0.5, 0.6) is 0 Å². The van der Waals surface area contributed by atoms with Crippen molar-refractivity contribution in [3.05, 3.63) is 16.4 Å². The molecule has 0 bridgehead atoms. The number of nitrogens with two attached hydrogens (primary N) is 1. The Balaban J connectivity index is 2.13. The molecule has 4 nitrogen and oxygen atoms in total. The summed E-state index contributed by atoms with van der Waals surface area (Å²) in [5.74, 6) is 0.620. The van der Waals surface area contributed by atoms with Gasteiger partial charge in [0.1, 0.15) is 0 Å². The van der Waals surface area contributed by atoms with Crippen molar-refractivity contribution in [2.45, 2.75) is 31.8 Å². The predicted octanol–water partition coefficient (Wildman–Crippen LogP) is 2.09. The fourth-order valence-corrected chi connectivity index (χ4v) is 2.64. The van der Waals surface area contributed by atoms with E-state index in [0.717, 1.165) is 16.7 Å². The van der Waals surface area contributed by atoms with Gasteiger partial charge in [0.05, 0.1) is 35.6 Å².